The largest absolute Gasteiger partial charge is 0.496 e. The van der Waals surface area contributed by atoms with E-state index in [1.807, 2.05) is 0 Å². The second-order valence-electron chi connectivity index (χ2n) is 2.92. The zero-order chi connectivity index (χ0) is 11.3. The van der Waals surface area contributed by atoms with Crippen LogP contribution in [0.5, 0.6) is 5.75 Å². The average Bonchev–Trinajstić information content (AvgIpc) is 2.30. The van der Waals surface area contributed by atoms with E-state index in [0.717, 1.165) is 11.8 Å². The maximum Gasteiger partial charge on any atom is 0.183 e. The highest BCUT2D eigenvalue weighted by Gasteiger charge is 2.11. The zero-order valence-corrected chi connectivity index (χ0v) is 9.02. The minimum absolute atomic E-state index is 0.463. The summed E-state index contributed by atoms with van der Waals surface area (Å²) in [7, 11) is 4.60. The number of methoxy groups -OCH3 is 3. The monoisotopic (exact) mass is 210 g/mol. The van der Waals surface area contributed by atoms with Gasteiger partial charge in [0.25, 0.3) is 0 Å². The number of hydrogen-bond acceptors (Lipinski definition) is 4. The zero-order valence-electron chi connectivity index (χ0n) is 9.02. The molecule has 0 aliphatic heterocycles. The second-order valence-corrected chi connectivity index (χ2v) is 2.92. The van der Waals surface area contributed by atoms with E-state index in [2.05, 4.69) is 0 Å². The summed E-state index contributed by atoms with van der Waals surface area (Å²) in [4.78, 5) is 10.8. The van der Waals surface area contributed by atoms with Crippen molar-refractivity contribution in [2.75, 3.05) is 21.3 Å². The molecule has 1 aromatic rings. The minimum Gasteiger partial charge on any atom is -0.496 e. The maximum atomic E-state index is 10.8. The van der Waals surface area contributed by atoms with Crippen molar-refractivity contribution >= 4 is 6.29 Å². The molecule has 0 atom stereocenters. The summed E-state index contributed by atoms with van der Waals surface area (Å²) in [5.41, 5.74) is 1.26. The first-order chi connectivity index (χ1) is 7.26. The van der Waals surface area contributed by atoms with Gasteiger partial charge in [0.15, 0.2) is 12.6 Å². The predicted octanol–water partition coefficient (Wildman–Crippen LogP) is 1.80. The van der Waals surface area contributed by atoms with E-state index >= 15 is 0 Å². The third kappa shape index (κ3) is 2.55. The fourth-order valence-electron chi connectivity index (χ4n) is 1.36. The number of rotatable bonds is 5. The Morgan fingerprint density at radius 2 is 1.87 bits per heavy atom. The van der Waals surface area contributed by atoms with Gasteiger partial charge in [-0.2, -0.15) is 0 Å². The molecule has 0 bridgehead atoms. The molecule has 0 heterocycles. The lowest BCUT2D eigenvalue weighted by Gasteiger charge is -2.14. The topological polar surface area (TPSA) is 44.8 Å². The van der Waals surface area contributed by atoms with Gasteiger partial charge in [0.1, 0.15) is 5.75 Å². The van der Waals surface area contributed by atoms with Crippen LogP contribution < -0.4 is 4.74 Å². The molecule has 0 saturated carbocycles. The van der Waals surface area contributed by atoms with Crippen molar-refractivity contribution in [2.45, 2.75) is 6.29 Å². The van der Waals surface area contributed by atoms with E-state index in [4.69, 9.17) is 14.2 Å². The second kappa shape index (κ2) is 5.48. The van der Waals surface area contributed by atoms with Crippen LogP contribution in [-0.4, -0.2) is 27.6 Å². The highest BCUT2D eigenvalue weighted by molar-refractivity contribution is 5.79. The summed E-state index contributed by atoms with van der Waals surface area (Å²) in [5, 5.41) is 0. The fourth-order valence-corrected chi connectivity index (χ4v) is 1.36. The summed E-state index contributed by atoms with van der Waals surface area (Å²) in [5.74, 6) is 0.541. The third-order valence-corrected chi connectivity index (χ3v) is 2.08. The standard InChI is InChI=1S/C11H14O4/c1-13-10-5-4-8(6-9(10)7-12)11(14-2)15-3/h4-7,11H,1-3H3. The van der Waals surface area contributed by atoms with Gasteiger partial charge < -0.3 is 14.2 Å². The van der Waals surface area contributed by atoms with Crippen molar-refractivity contribution in [1.29, 1.82) is 0 Å². The number of ether oxygens (including phenoxy) is 3. The Kier molecular flexibility index (Phi) is 4.27. The number of hydrogen-bond donors (Lipinski definition) is 0. The number of carbonyl (C=O) groups is 1. The van der Waals surface area contributed by atoms with E-state index in [1.165, 1.54) is 7.11 Å². The summed E-state index contributed by atoms with van der Waals surface area (Å²) in [6.07, 6.45) is 0.277. The molecular weight excluding hydrogens is 196 g/mol. The molecule has 1 aromatic carbocycles. The fraction of sp³-hybridized carbons (Fsp3) is 0.364. The first-order valence-electron chi connectivity index (χ1n) is 4.45. The average molecular weight is 210 g/mol. The van der Waals surface area contributed by atoms with Crippen LogP contribution in [-0.2, 0) is 9.47 Å². The third-order valence-electron chi connectivity index (χ3n) is 2.08. The van der Waals surface area contributed by atoms with Crippen LogP contribution in [0.15, 0.2) is 18.2 Å². The normalized spacial score (nSPS) is 10.4. The molecule has 0 amide bonds. The van der Waals surface area contributed by atoms with Gasteiger partial charge in [-0.05, 0) is 12.1 Å². The van der Waals surface area contributed by atoms with Gasteiger partial charge in [-0.15, -0.1) is 0 Å². The van der Waals surface area contributed by atoms with Crippen LogP contribution >= 0.6 is 0 Å². The van der Waals surface area contributed by atoms with Gasteiger partial charge in [-0.3, -0.25) is 4.79 Å². The Labute approximate surface area is 88.8 Å². The summed E-state index contributed by atoms with van der Waals surface area (Å²) in [6.45, 7) is 0. The number of carbonyl (C=O) groups excluding carboxylic acids is 1. The Bertz CT molecular complexity index is 331. The van der Waals surface area contributed by atoms with Crippen LogP contribution in [0, 0.1) is 0 Å². The molecule has 0 N–H and O–H groups in total. The van der Waals surface area contributed by atoms with E-state index in [-0.39, 0.29) is 0 Å². The molecule has 15 heavy (non-hydrogen) atoms. The lowest BCUT2D eigenvalue weighted by Crippen LogP contribution is -2.04. The Balaban J connectivity index is 3.06. The van der Waals surface area contributed by atoms with E-state index in [9.17, 15) is 4.79 Å². The molecular formula is C11H14O4. The Morgan fingerprint density at radius 3 is 2.33 bits per heavy atom. The van der Waals surface area contributed by atoms with Gasteiger partial charge in [-0.1, -0.05) is 6.07 Å². The Hall–Kier alpha value is -1.39. The first-order valence-corrected chi connectivity index (χ1v) is 4.45. The lowest BCUT2D eigenvalue weighted by molar-refractivity contribution is -0.106. The molecule has 4 nitrogen and oxygen atoms in total. The molecule has 0 fully saturated rings. The maximum absolute atomic E-state index is 10.8. The molecule has 82 valence electrons. The van der Waals surface area contributed by atoms with Gasteiger partial charge >= 0.3 is 0 Å². The van der Waals surface area contributed by atoms with Crippen molar-refractivity contribution in [2.24, 2.45) is 0 Å². The molecule has 4 heteroatoms. The van der Waals surface area contributed by atoms with Crippen molar-refractivity contribution in [3.63, 3.8) is 0 Å². The van der Waals surface area contributed by atoms with E-state index < -0.39 is 6.29 Å². The molecule has 0 spiro atoms. The first kappa shape index (κ1) is 11.7. The predicted molar refractivity (Wildman–Crippen MR) is 55.1 cm³/mol. The van der Waals surface area contributed by atoms with E-state index in [1.54, 1.807) is 32.4 Å². The molecule has 0 saturated heterocycles. The van der Waals surface area contributed by atoms with Gasteiger partial charge in [0.2, 0.25) is 0 Å². The molecule has 0 radical (unpaired) electrons. The summed E-state index contributed by atoms with van der Waals surface area (Å²) in [6, 6.07) is 5.19. The molecule has 0 aliphatic rings. The number of aldehydes is 1. The number of benzene rings is 1. The molecule has 0 aliphatic carbocycles. The molecule has 0 unspecified atom stereocenters. The quantitative estimate of drug-likeness (QED) is 0.549. The summed E-state index contributed by atoms with van der Waals surface area (Å²) < 4.78 is 15.2. The van der Waals surface area contributed by atoms with Crippen LogP contribution in [0.4, 0.5) is 0 Å². The molecule has 0 aromatic heterocycles. The Morgan fingerprint density at radius 1 is 1.20 bits per heavy atom. The van der Waals surface area contributed by atoms with Crippen LogP contribution in [0.2, 0.25) is 0 Å². The minimum atomic E-state index is -0.463. The van der Waals surface area contributed by atoms with Gasteiger partial charge in [0, 0.05) is 19.8 Å². The van der Waals surface area contributed by atoms with Crippen molar-refractivity contribution in [1.82, 2.24) is 0 Å². The van der Waals surface area contributed by atoms with Crippen LogP contribution in [0.1, 0.15) is 22.2 Å². The highest BCUT2D eigenvalue weighted by atomic mass is 16.7. The van der Waals surface area contributed by atoms with Crippen LogP contribution in [0.25, 0.3) is 0 Å². The lowest BCUT2D eigenvalue weighted by atomic mass is 10.1. The van der Waals surface area contributed by atoms with E-state index in [0.29, 0.717) is 11.3 Å². The van der Waals surface area contributed by atoms with Gasteiger partial charge in [0.05, 0.1) is 12.7 Å². The molecule has 1 rings (SSSR count). The van der Waals surface area contributed by atoms with Crippen molar-refractivity contribution in [3.05, 3.63) is 29.3 Å². The van der Waals surface area contributed by atoms with Crippen LogP contribution in [0.3, 0.4) is 0 Å². The van der Waals surface area contributed by atoms with Crippen molar-refractivity contribution < 1.29 is 19.0 Å². The van der Waals surface area contributed by atoms with Crippen molar-refractivity contribution in [3.8, 4) is 5.75 Å². The smallest absolute Gasteiger partial charge is 0.183 e. The summed E-state index contributed by atoms with van der Waals surface area (Å²) >= 11 is 0. The highest BCUT2D eigenvalue weighted by Crippen LogP contribution is 2.23. The SMILES string of the molecule is COc1ccc(C(OC)OC)cc1C=O. The van der Waals surface area contributed by atoms with Gasteiger partial charge in [-0.25, -0.2) is 0 Å².